The Labute approximate surface area is 79.5 Å². The molecule has 0 amide bonds. The summed E-state index contributed by atoms with van der Waals surface area (Å²) in [6.45, 7) is 2.68. The molecule has 0 aliphatic heterocycles. The van der Waals surface area contributed by atoms with E-state index in [1.807, 2.05) is 19.1 Å². The first-order chi connectivity index (χ1) is 6.29. The fourth-order valence-electron chi connectivity index (χ4n) is 1.34. The van der Waals surface area contributed by atoms with Crippen molar-refractivity contribution in [1.29, 1.82) is 0 Å². The minimum absolute atomic E-state index is 0.131. The van der Waals surface area contributed by atoms with Gasteiger partial charge in [-0.15, -0.1) is 0 Å². The van der Waals surface area contributed by atoms with Gasteiger partial charge in [-0.05, 0) is 18.1 Å². The molecule has 1 rings (SSSR count). The first kappa shape index (κ1) is 10.2. The van der Waals surface area contributed by atoms with E-state index < -0.39 is 0 Å². The number of hydrogen-bond acceptors (Lipinski definition) is 2. The summed E-state index contributed by atoms with van der Waals surface area (Å²) in [5.41, 5.74) is 2.39. The Balaban J connectivity index is 2.90. The fraction of sp³-hybridized carbons (Fsp3) is 0.455. The van der Waals surface area contributed by atoms with Gasteiger partial charge in [0.15, 0.2) is 0 Å². The molecule has 1 atom stereocenters. The predicted octanol–water partition coefficient (Wildman–Crippen LogP) is 2.54. The first-order valence-electron chi connectivity index (χ1n) is 4.39. The standard InChI is InChI=1S/C11H16O2/c1-9(13-3)11-7-5-4-6-10(11)8-12-2/h4-7,9H,8H2,1-3H3/t9-/m1/s1. The number of methoxy groups -OCH3 is 2. The highest BCUT2D eigenvalue weighted by molar-refractivity contribution is 5.28. The molecule has 2 heteroatoms. The topological polar surface area (TPSA) is 18.5 Å². The van der Waals surface area contributed by atoms with Crippen molar-refractivity contribution in [2.45, 2.75) is 19.6 Å². The van der Waals surface area contributed by atoms with Crippen molar-refractivity contribution in [2.24, 2.45) is 0 Å². The number of ether oxygens (including phenoxy) is 2. The summed E-state index contributed by atoms with van der Waals surface area (Å²) in [6, 6.07) is 8.17. The van der Waals surface area contributed by atoms with Crippen LogP contribution in [-0.4, -0.2) is 14.2 Å². The third-order valence-corrected chi connectivity index (χ3v) is 2.15. The molecule has 1 aromatic rings. The molecule has 1 aromatic carbocycles. The van der Waals surface area contributed by atoms with E-state index in [1.54, 1.807) is 14.2 Å². The van der Waals surface area contributed by atoms with Gasteiger partial charge in [0.1, 0.15) is 0 Å². The number of hydrogen-bond donors (Lipinski definition) is 0. The second-order valence-electron chi connectivity index (χ2n) is 3.01. The highest BCUT2D eigenvalue weighted by atomic mass is 16.5. The Morgan fingerprint density at radius 2 is 1.92 bits per heavy atom. The molecule has 0 heterocycles. The molecule has 0 bridgehead atoms. The Hall–Kier alpha value is -0.860. The van der Waals surface area contributed by atoms with Crippen LogP contribution < -0.4 is 0 Å². The van der Waals surface area contributed by atoms with Gasteiger partial charge in [0, 0.05) is 14.2 Å². The zero-order valence-electron chi connectivity index (χ0n) is 8.41. The van der Waals surface area contributed by atoms with Gasteiger partial charge in [0.2, 0.25) is 0 Å². The van der Waals surface area contributed by atoms with Gasteiger partial charge in [-0.3, -0.25) is 0 Å². The van der Waals surface area contributed by atoms with E-state index in [9.17, 15) is 0 Å². The summed E-state index contributed by atoms with van der Waals surface area (Å²) in [4.78, 5) is 0. The minimum atomic E-state index is 0.131. The van der Waals surface area contributed by atoms with E-state index in [4.69, 9.17) is 9.47 Å². The van der Waals surface area contributed by atoms with E-state index >= 15 is 0 Å². The van der Waals surface area contributed by atoms with Crippen LogP contribution in [0.25, 0.3) is 0 Å². The molecule has 72 valence electrons. The lowest BCUT2D eigenvalue weighted by Gasteiger charge is -2.14. The molecule has 0 unspecified atom stereocenters. The summed E-state index contributed by atoms with van der Waals surface area (Å²) in [5.74, 6) is 0. The Morgan fingerprint density at radius 1 is 1.23 bits per heavy atom. The average Bonchev–Trinajstić information content (AvgIpc) is 2.18. The van der Waals surface area contributed by atoms with Crippen LogP contribution in [0.15, 0.2) is 24.3 Å². The molecule has 0 saturated heterocycles. The minimum Gasteiger partial charge on any atom is -0.380 e. The molecule has 2 nitrogen and oxygen atoms in total. The van der Waals surface area contributed by atoms with Gasteiger partial charge < -0.3 is 9.47 Å². The summed E-state index contributed by atoms with van der Waals surface area (Å²) < 4.78 is 10.4. The van der Waals surface area contributed by atoms with Crippen molar-refractivity contribution in [3.05, 3.63) is 35.4 Å². The number of rotatable bonds is 4. The van der Waals surface area contributed by atoms with Crippen molar-refractivity contribution in [3.63, 3.8) is 0 Å². The highest BCUT2D eigenvalue weighted by Crippen LogP contribution is 2.20. The van der Waals surface area contributed by atoms with Gasteiger partial charge in [-0.1, -0.05) is 24.3 Å². The van der Waals surface area contributed by atoms with Crippen molar-refractivity contribution < 1.29 is 9.47 Å². The quantitative estimate of drug-likeness (QED) is 0.709. The molecule has 0 spiro atoms. The Morgan fingerprint density at radius 3 is 2.54 bits per heavy atom. The lowest BCUT2D eigenvalue weighted by atomic mass is 10.0. The normalized spacial score (nSPS) is 12.8. The molecule has 0 aliphatic carbocycles. The zero-order valence-corrected chi connectivity index (χ0v) is 8.41. The lowest BCUT2D eigenvalue weighted by Crippen LogP contribution is -2.01. The Kier molecular flexibility index (Phi) is 3.93. The van der Waals surface area contributed by atoms with Crippen LogP contribution in [-0.2, 0) is 16.1 Å². The van der Waals surface area contributed by atoms with E-state index in [2.05, 4.69) is 12.1 Å². The van der Waals surface area contributed by atoms with Crippen molar-refractivity contribution >= 4 is 0 Å². The van der Waals surface area contributed by atoms with Crippen LogP contribution in [0.5, 0.6) is 0 Å². The highest BCUT2D eigenvalue weighted by Gasteiger charge is 2.07. The zero-order chi connectivity index (χ0) is 9.68. The van der Waals surface area contributed by atoms with Crippen LogP contribution in [0.1, 0.15) is 24.2 Å². The van der Waals surface area contributed by atoms with Gasteiger partial charge in [-0.2, -0.15) is 0 Å². The molecule has 0 saturated carbocycles. The van der Waals surface area contributed by atoms with Crippen molar-refractivity contribution in [1.82, 2.24) is 0 Å². The fourth-order valence-corrected chi connectivity index (χ4v) is 1.34. The maximum Gasteiger partial charge on any atom is 0.0796 e. The molecule has 0 fully saturated rings. The second kappa shape index (κ2) is 5.00. The summed E-state index contributed by atoms with van der Waals surface area (Å²) in [6.07, 6.45) is 0.131. The largest absolute Gasteiger partial charge is 0.380 e. The van der Waals surface area contributed by atoms with Crippen molar-refractivity contribution in [3.8, 4) is 0 Å². The van der Waals surface area contributed by atoms with Crippen LogP contribution >= 0.6 is 0 Å². The monoisotopic (exact) mass is 180 g/mol. The summed E-state index contributed by atoms with van der Waals surface area (Å²) in [5, 5.41) is 0. The smallest absolute Gasteiger partial charge is 0.0796 e. The van der Waals surface area contributed by atoms with E-state index in [0.29, 0.717) is 6.61 Å². The number of benzene rings is 1. The molecular weight excluding hydrogens is 164 g/mol. The van der Waals surface area contributed by atoms with E-state index in [-0.39, 0.29) is 6.10 Å². The summed E-state index contributed by atoms with van der Waals surface area (Å²) in [7, 11) is 3.42. The Bertz CT molecular complexity index is 258. The lowest BCUT2D eigenvalue weighted by molar-refractivity contribution is 0.115. The van der Waals surface area contributed by atoms with Crippen LogP contribution in [0.4, 0.5) is 0 Å². The maximum atomic E-state index is 5.27. The molecule has 0 radical (unpaired) electrons. The van der Waals surface area contributed by atoms with Gasteiger partial charge in [-0.25, -0.2) is 0 Å². The predicted molar refractivity (Wildman–Crippen MR) is 52.6 cm³/mol. The second-order valence-corrected chi connectivity index (χ2v) is 3.01. The molecule has 13 heavy (non-hydrogen) atoms. The van der Waals surface area contributed by atoms with Gasteiger partial charge >= 0.3 is 0 Å². The van der Waals surface area contributed by atoms with E-state index in [1.165, 1.54) is 11.1 Å². The van der Waals surface area contributed by atoms with Gasteiger partial charge in [0.05, 0.1) is 12.7 Å². The third-order valence-electron chi connectivity index (χ3n) is 2.15. The van der Waals surface area contributed by atoms with Gasteiger partial charge in [0.25, 0.3) is 0 Å². The van der Waals surface area contributed by atoms with Crippen LogP contribution in [0.3, 0.4) is 0 Å². The van der Waals surface area contributed by atoms with Crippen LogP contribution in [0, 0.1) is 0 Å². The van der Waals surface area contributed by atoms with Crippen LogP contribution in [0.2, 0.25) is 0 Å². The SMILES string of the molecule is COCc1ccccc1[C@@H](C)OC. The molecular formula is C11H16O2. The third kappa shape index (κ3) is 2.54. The summed E-state index contributed by atoms with van der Waals surface area (Å²) >= 11 is 0. The molecule has 0 N–H and O–H groups in total. The maximum absolute atomic E-state index is 5.27. The first-order valence-corrected chi connectivity index (χ1v) is 4.39. The molecule has 0 aromatic heterocycles. The van der Waals surface area contributed by atoms with E-state index in [0.717, 1.165) is 0 Å². The molecule has 0 aliphatic rings. The van der Waals surface area contributed by atoms with Crippen molar-refractivity contribution in [2.75, 3.05) is 14.2 Å². The average molecular weight is 180 g/mol.